The summed E-state index contributed by atoms with van der Waals surface area (Å²) in [5.74, 6) is 0. The molecule has 86 valence electrons. The van der Waals surface area contributed by atoms with Gasteiger partial charge in [-0.2, -0.15) is 0 Å². The Bertz CT molecular complexity index is 259. The van der Waals surface area contributed by atoms with Gasteiger partial charge in [0.2, 0.25) is 0 Å². The summed E-state index contributed by atoms with van der Waals surface area (Å²) < 4.78 is 5.23. The molecule has 2 aliphatic rings. The number of cyclic esters (lactones) is 1. The molecule has 0 aromatic rings. The van der Waals surface area contributed by atoms with Crippen molar-refractivity contribution >= 4 is 6.09 Å². The minimum Gasteiger partial charge on any atom is -0.449 e. The van der Waals surface area contributed by atoms with Gasteiger partial charge in [0, 0.05) is 37.6 Å². The molecule has 1 amide bonds. The molecule has 2 rings (SSSR count). The second-order valence-corrected chi connectivity index (χ2v) is 5.07. The van der Waals surface area contributed by atoms with Gasteiger partial charge in [-0.3, -0.25) is 4.90 Å². The van der Waals surface area contributed by atoms with E-state index in [9.17, 15) is 4.79 Å². The van der Waals surface area contributed by atoms with Crippen LogP contribution in [-0.2, 0) is 4.74 Å². The summed E-state index contributed by atoms with van der Waals surface area (Å²) in [6, 6.07) is 0.600. The predicted octanol–water partition coefficient (Wildman–Crippen LogP) is 1.17. The molecule has 0 N–H and O–H groups in total. The normalized spacial score (nSPS) is 25.6. The van der Waals surface area contributed by atoms with Crippen molar-refractivity contribution in [3.63, 3.8) is 0 Å². The number of nitrogens with zero attached hydrogens (tertiary/aromatic N) is 2. The highest BCUT2D eigenvalue weighted by Crippen LogP contribution is 2.35. The summed E-state index contributed by atoms with van der Waals surface area (Å²) in [6.07, 6.45) is -0.147. The van der Waals surface area contributed by atoms with E-state index in [0.29, 0.717) is 12.6 Å². The van der Waals surface area contributed by atoms with Gasteiger partial charge in [-0.1, -0.05) is 0 Å². The number of rotatable bonds is 2. The van der Waals surface area contributed by atoms with Crippen LogP contribution in [0.5, 0.6) is 0 Å². The van der Waals surface area contributed by atoms with Gasteiger partial charge >= 0.3 is 6.09 Å². The van der Waals surface area contributed by atoms with E-state index in [2.05, 4.69) is 18.7 Å². The fourth-order valence-corrected chi connectivity index (χ4v) is 2.43. The SMILES string of the molecule is CCN1CC2(COC1=O)CN(C(C)C)C2. The highest BCUT2D eigenvalue weighted by Gasteiger charge is 2.49. The summed E-state index contributed by atoms with van der Waals surface area (Å²) in [6.45, 7) is 10.8. The van der Waals surface area contributed by atoms with E-state index in [4.69, 9.17) is 4.74 Å². The Hall–Kier alpha value is -0.770. The van der Waals surface area contributed by atoms with Crippen molar-refractivity contribution in [2.45, 2.75) is 26.8 Å². The van der Waals surface area contributed by atoms with Crippen LogP contribution >= 0.6 is 0 Å². The maximum absolute atomic E-state index is 11.4. The van der Waals surface area contributed by atoms with Gasteiger partial charge in [0.25, 0.3) is 0 Å². The fraction of sp³-hybridized carbons (Fsp3) is 0.909. The molecule has 15 heavy (non-hydrogen) atoms. The molecule has 4 heteroatoms. The van der Waals surface area contributed by atoms with E-state index in [-0.39, 0.29) is 11.5 Å². The minimum atomic E-state index is -0.147. The molecule has 2 heterocycles. The van der Waals surface area contributed by atoms with E-state index < -0.39 is 0 Å². The summed E-state index contributed by atoms with van der Waals surface area (Å²) in [4.78, 5) is 15.6. The Morgan fingerprint density at radius 1 is 1.40 bits per heavy atom. The lowest BCUT2D eigenvalue weighted by Gasteiger charge is -2.55. The first-order valence-electron chi connectivity index (χ1n) is 5.72. The van der Waals surface area contributed by atoms with Crippen molar-refractivity contribution < 1.29 is 9.53 Å². The second-order valence-electron chi connectivity index (χ2n) is 5.07. The molecule has 0 aliphatic carbocycles. The zero-order valence-electron chi connectivity index (χ0n) is 9.82. The third kappa shape index (κ3) is 1.83. The van der Waals surface area contributed by atoms with E-state index in [1.165, 1.54) is 0 Å². The van der Waals surface area contributed by atoms with Gasteiger partial charge in [-0.05, 0) is 20.8 Å². The van der Waals surface area contributed by atoms with E-state index in [0.717, 1.165) is 26.2 Å². The number of likely N-dealkylation sites (tertiary alicyclic amines) is 1. The number of ether oxygens (including phenoxy) is 1. The highest BCUT2D eigenvalue weighted by molar-refractivity contribution is 5.68. The molecular formula is C11H20N2O2. The van der Waals surface area contributed by atoms with Crippen LogP contribution in [0.3, 0.4) is 0 Å². The van der Waals surface area contributed by atoms with Crippen molar-refractivity contribution in [2.75, 3.05) is 32.8 Å². The average molecular weight is 212 g/mol. The largest absolute Gasteiger partial charge is 0.449 e. The maximum atomic E-state index is 11.4. The fourth-order valence-electron chi connectivity index (χ4n) is 2.43. The van der Waals surface area contributed by atoms with Crippen LogP contribution in [0.4, 0.5) is 4.79 Å². The lowest BCUT2D eigenvalue weighted by molar-refractivity contribution is -0.103. The number of hydrogen-bond donors (Lipinski definition) is 0. The summed E-state index contributed by atoms with van der Waals surface area (Å²) in [5.41, 5.74) is 0.216. The van der Waals surface area contributed by atoms with E-state index >= 15 is 0 Å². The van der Waals surface area contributed by atoms with Crippen LogP contribution in [0.25, 0.3) is 0 Å². The van der Waals surface area contributed by atoms with Crippen molar-refractivity contribution in [2.24, 2.45) is 5.41 Å². The topological polar surface area (TPSA) is 32.8 Å². The second kappa shape index (κ2) is 3.67. The van der Waals surface area contributed by atoms with Gasteiger partial charge in [-0.25, -0.2) is 4.79 Å². The van der Waals surface area contributed by atoms with Gasteiger partial charge in [0.1, 0.15) is 6.61 Å². The molecule has 4 nitrogen and oxygen atoms in total. The Morgan fingerprint density at radius 3 is 2.60 bits per heavy atom. The number of amides is 1. The molecule has 0 radical (unpaired) electrons. The lowest BCUT2D eigenvalue weighted by atomic mass is 9.78. The Morgan fingerprint density at radius 2 is 2.07 bits per heavy atom. The Labute approximate surface area is 91.2 Å². The third-order valence-corrected chi connectivity index (χ3v) is 3.48. The number of hydrogen-bond acceptors (Lipinski definition) is 3. The first kappa shape index (κ1) is 10.7. The van der Waals surface area contributed by atoms with Crippen LogP contribution in [-0.4, -0.2) is 54.7 Å². The number of carbonyl (C=O) groups is 1. The van der Waals surface area contributed by atoms with Crippen LogP contribution in [0.2, 0.25) is 0 Å². The summed E-state index contributed by atoms with van der Waals surface area (Å²) in [5, 5.41) is 0. The van der Waals surface area contributed by atoms with Crippen molar-refractivity contribution in [1.82, 2.24) is 9.80 Å². The molecule has 2 aliphatic heterocycles. The molecular weight excluding hydrogens is 192 g/mol. The summed E-state index contributed by atoms with van der Waals surface area (Å²) >= 11 is 0. The first-order valence-corrected chi connectivity index (χ1v) is 5.72. The molecule has 0 atom stereocenters. The van der Waals surface area contributed by atoms with Gasteiger partial charge in [0.15, 0.2) is 0 Å². The zero-order chi connectivity index (χ0) is 11.1. The molecule has 0 aromatic carbocycles. The predicted molar refractivity (Wildman–Crippen MR) is 57.7 cm³/mol. The smallest absolute Gasteiger partial charge is 0.409 e. The first-order chi connectivity index (χ1) is 7.06. The molecule has 0 bridgehead atoms. The van der Waals surface area contributed by atoms with E-state index in [1.54, 1.807) is 4.90 Å². The van der Waals surface area contributed by atoms with E-state index in [1.807, 2.05) is 6.92 Å². The number of carbonyl (C=O) groups excluding carboxylic acids is 1. The van der Waals surface area contributed by atoms with Crippen LogP contribution in [0.15, 0.2) is 0 Å². The van der Waals surface area contributed by atoms with Crippen LogP contribution < -0.4 is 0 Å². The maximum Gasteiger partial charge on any atom is 0.409 e. The van der Waals surface area contributed by atoms with Crippen molar-refractivity contribution in [1.29, 1.82) is 0 Å². The van der Waals surface area contributed by atoms with Crippen LogP contribution in [0, 0.1) is 5.41 Å². The summed E-state index contributed by atoms with van der Waals surface area (Å²) in [7, 11) is 0. The standard InChI is InChI=1S/C11H20N2O2/c1-4-12-5-11(8-15-10(12)14)6-13(7-11)9(2)3/h9H,4-8H2,1-3H3. The van der Waals surface area contributed by atoms with Crippen molar-refractivity contribution in [3.8, 4) is 0 Å². The highest BCUT2D eigenvalue weighted by atomic mass is 16.6. The molecule has 2 saturated heterocycles. The zero-order valence-corrected chi connectivity index (χ0v) is 9.82. The van der Waals surface area contributed by atoms with Gasteiger partial charge in [0.05, 0.1) is 0 Å². The third-order valence-electron chi connectivity index (χ3n) is 3.48. The molecule has 1 spiro atoms. The average Bonchev–Trinajstić information content (AvgIpc) is 2.15. The quantitative estimate of drug-likeness (QED) is 0.689. The van der Waals surface area contributed by atoms with Gasteiger partial charge in [-0.15, -0.1) is 0 Å². The monoisotopic (exact) mass is 212 g/mol. The minimum absolute atomic E-state index is 0.147. The molecule has 0 saturated carbocycles. The Kier molecular flexibility index (Phi) is 2.63. The van der Waals surface area contributed by atoms with Gasteiger partial charge < -0.3 is 9.64 Å². The van der Waals surface area contributed by atoms with Crippen molar-refractivity contribution in [3.05, 3.63) is 0 Å². The molecule has 0 aromatic heterocycles. The lowest BCUT2D eigenvalue weighted by Crippen LogP contribution is -2.67. The molecule has 2 fully saturated rings. The Balaban J connectivity index is 1.93. The molecule has 0 unspecified atom stereocenters. The van der Waals surface area contributed by atoms with Crippen LogP contribution in [0.1, 0.15) is 20.8 Å².